The number of carbonyl (C=O) groups excluding carboxylic acids is 1. The van der Waals surface area contributed by atoms with Crippen LogP contribution in [0.3, 0.4) is 0 Å². The van der Waals surface area contributed by atoms with Crippen molar-refractivity contribution >= 4 is 11.6 Å². The van der Waals surface area contributed by atoms with E-state index in [1.54, 1.807) is 12.1 Å². The van der Waals surface area contributed by atoms with Crippen molar-refractivity contribution < 1.29 is 27.4 Å². The standard InChI is InChI=1S/C21H20F3N3O3/c1-4-15-19(25-20(28)13-7-10-16(29-2)17(11-13)30-3)18(27-26-15)12-5-8-14(9-6-12)21(22,23)24/h5-11H,4H2,1-3H3,(H,25,28)(H,26,27). The van der Waals surface area contributed by atoms with Crippen molar-refractivity contribution in [3.8, 4) is 22.8 Å². The van der Waals surface area contributed by atoms with Gasteiger partial charge in [-0.15, -0.1) is 0 Å². The number of carbonyl (C=O) groups is 1. The number of amides is 1. The summed E-state index contributed by atoms with van der Waals surface area (Å²) in [7, 11) is 2.96. The number of alkyl halides is 3. The molecule has 0 aliphatic carbocycles. The Bertz CT molecular complexity index is 1040. The zero-order valence-corrected chi connectivity index (χ0v) is 16.6. The highest BCUT2D eigenvalue weighted by Gasteiger charge is 2.30. The highest BCUT2D eigenvalue weighted by molar-refractivity contribution is 6.06. The monoisotopic (exact) mass is 419 g/mol. The van der Waals surface area contributed by atoms with Crippen LogP contribution in [0.1, 0.15) is 28.5 Å². The van der Waals surface area contributed by atoms with Crippen LogP contribution in [0.4, 0.5) is 18.9 Å². The third-order valence-electron chi connectivity index (χ3n) is 4.56. The lowest BCUT2D eigenvalue weighted by atomic mass is 10.1. The summed E-state index contributed by atoms with van der Waals surface area (Å²) >= 11 is 0. The van der Waals surface area contributed by atoms with Crippen LogP contribution < -0.4 is 14.8 Å². The van der Waals surface area contributed by atoms with Crippen LogP contribution in [0.2, 0.25) is 0 Å². The molecule has 1 heterocycles. The topological polar surface area (TPSA) is 76.2 Å². The van der Waals surface area contributed by atoms with E-state index in [0.29, 0.717) is 46.1 Å². The predicted octanol–water partition coefficient (Wildman–Crippen LogP) is 4.93. The van der Waals surface area contributed by atoms with Gasteiger partial charge in [0.2, 0.25) is 0 Å². The zero-order chi connectivity index (χ0) is 21.9. The van der Waals surface area contributed by atoms with E-state index in [2.05, 4.69) is 15.5 Å². The molecule has 0 bridgehead atoms. The molecule has 0 radical (unpaired) electrons. The number of hydrogen-bond acceptors (Lipinski definition) is 4. The minimum Gasteiger partial charge on any atom is -0.493 e. The highest BCUT2D eigenvalue weighted by Crippen LogP contribution is 2.34. The number of benzene rings is 2. The van der Waals surface area contributed by atoms with Gasteiger partial charge >= 0.3 is 6.18 Å². The zero-order valence-electron chi connectivity index (χ0n) is 16.6. The fourth-order valence-electron chi connectivity index (χ4n) is 2.96. The number of anilines is 1. The first-order chi connectivity index (χ1) is 14.3. The van der Waals surface area contributed by atoms with Gasteiger partial charge < -0.3 is 14.8 Å². The lowest BCUT2D eigenvalue weighted by Gasteiger charge is -2.11. The van der Waals surface area contributed by atoms with Crippen molar-refractivity contribution in [2.75, 3.05) is 19.5 Å². The molecule has 0 aliphatic rings. The Morgan fingerprint density at radius 2 is 1.73 bits per heavy atom. The minimum atomic E-state index is -4.43. The molecule has 2 N–H and O–H groups in total. The number of aryl methyl sites for hydroxylation is 1. The SMILES string of the molecule is CCc1[nH]nc(-c2ccc(C(F)(F)F)cc2)c1NC(=O)c1ccc(OC)c(OC)c1. The highest BCUT2D eigenvalue weighted by atomic mass is 19.4. The van der Waals surface area contributed by atoms with Gasteiger partial charge in [0.15, 0.2) is 11.5 Å². The molecule has 0 atom stereocenters. The number of nitrogens with zero attached hydrogens (tertiary/aromatic N) is 1. The van der Waals surface area contributed by atoms with Gasteiger partial charge in [0.05, 0.1) is 31.2 Å². The van der Waals surface area contributed by atoms with Crippen LogP contribution in [-0.4, -0.2) is 30.3 Å². The van der Waals surface area contributed by atoms with Crippen LogP contribution in [0, 0.1) is 0 Å². The molecule has 1 aromatic heterocycles. The fraction of sp³-hybridized carbons (Fsp3) is 0.238. The average molecular weight is 419 g/mol. The molecule has 0 spiro atoms. The molecule has 0 saturated heterocycles. The Labute approximate surface area is 171 Å². The first kappa shape index (κ1) is 21.2. The molecule has 1 amide bonds. The number of nitrogens with one attached hydrogen (secondary N) is 2. The number of ether oxygens (including phenoxy) is 2. The lowest BCUT2D eigenvalue weighted by molar-refractivity contribution is -0.137. The van der Waals surface area contributed by atoms with Gasteiger partial charge in [-0.3, -0.25) is 9.89 Å². The first-order valence-corrected chi connectivity index (χ1v) is 9.06. The molecule has 0 fully saturated rings. The van der Waals surface area contributed by atoms with Crippen molar-refractivity contribution in [2.24, 2.45) is 0 Å². The van der Waals surface area contributed by atoms with Crippen LogP contribution in [-0.2, 0) is 12.6 Å². The van der Waals surface area contributed by atoms with E-state index in [0.717, 1.165) is 12.1 Å². The van der Waals surface area contributed by atoms with Crippen molar-refractivity contribution in [3.05, 3.63) is 59.3 Å². The van der Waals surface area contributed by atoms with Gasteiger partial charge in [-0.25, -0.2) is 0 Å². The number of H-pyrrole nitrogens is 1. The van der Waals surface area contributed by atoms with Gasteiger partial charge in [-0.05, 0) is 36.8 Å². The smallest absolute Gasteiger partial charge is 0.416 e. The summed E-state index contributed by atoms with van der Waals surface area (Å²) in [4.78, 5) is 12.8. The molecule has 6 nitrogen and oxygen atoms in total. The van der Waals surface area contributed by atoms with Gasteiger partial charge in [0.25, 0.3) is 5.91 Å². The van der Waals surface area contributed by atoms with Gasteiger partial charge in [0.1, 0.15) is 5.69 Å². The number of aromatic nitrogens is 2. The molecule has 0 saturated carbocycles. The second-order valence-corrected chi connectivity index (χ2v) is 6.38. The van der Waals surface area contributed by atoms with Crippen LogP contribution in [0.5, 0.6) is 11.5 Å². The fourth-order valence-corrected chi connectivity index (χ4v) is 2.96. The van der Waals surface area contributed by atoms with Gasteiger partial charge in [0, 0.05) is 11.1 Å². The summed E-state index contributed by atoms with van der Waals surface area (Å²) in [5.74, 6) is 0.466. The number of aromatic amines is 1. The van der Waals surface area contributed by atoms with Crippen molar-refractivity contribution in [1.29, 1.82) is 0 Å². The normalized spacial score (nSPS) is 11.3. The maximum Gasteiger partial charge on any atom is 0.416 e. The predicted molar refractivity (Wildman–Crippen MR) is 106 cm³/mol. The minimum absolute atomic E-state index is 0.328. The molecule has 158 valence electrons. The number of methoxy groups -OCH3 is 2. The first-order valence-electron chi connectivity index (χ1n) is 9.06. The van der Waals surface area contributed by atoms with E-state index in [-0.39, 0.29) is 0 Å². The van der Waals surface area contributed by atoms with Crippen LogP contribution >= 0.6 is 0 Å². The molecule has 3 aromatic rings. The lowest BCUT2D eigenvalue weighted by Crippen LogP contribution is -2.13. The second-order valence-electron chi connectivity index (χ2n) is 6.38. The van der Waals surface area contributed by atoms with E-state index < -0.39 is 17.6 Å². The Morgan fingerprint density at radius 3 is 2.30 bits per heavy atom. The molecular formula is C21H20F3N3O3. The summed E-state index contributed by atoms with van der Waals surface area (Å²) in [5, 5.41) is 9.83. The van der Waals surface area contributed by atoms with E-state index >= 15 is 0 Å². The number of hydrogen-bond donors (Lipinski definition) is 2. The van der Waals surface area contributed by atoms with Gasteiger partial charge in [-0.1, -0.05) is 19.1 Å². The Balaban J connectivity index is 1.93. The summed E-state index contributed by atoms with van der Waals surface area (Å²) in [6.45, 7) is 1.87. The molecule has 9 heteroatoms. The summed E-state index contributed by atoms with van der Waals surface area (Å²) in [6.07, 6.45) is -3.89. The summed E-state index contributed by atoms with van der Waals surface area (Å²) in [6, 6.07) is 9.35. The third-order valence-corrected chi connectivity index (χ3v) is 4.56. The van der Waals surface area contributed by atoms with Crippen LogP contribution in [0.25, 0.3) is 11.3 Å². The summed E-state index contributed by atoms with van der Waals surface area (Å²) < 4.78 is 48.9. The number of rotatable bonds is 6. The van der Waals surface area contributed by atoms with Crippen molar-refractivity contribution in [1.82, 2.24) is 10.2 Å². The van der Waals surface area contributed by atoms with E-state index in [1.807, 2.05) is 6.92 Å². The van der Waals surface area contributed by atoms with Gasteiger partial charge in [-0.2, -0.15) is 18.3 Å². The average Bonchev–Trinajstić information content (AvgIpc) is 3.15. The molecule has 0 aliphatic heterocycles. The molecule has 3 rings (SSSR count). The largest absolute Gasteiger partial charge is 0.493 e. The maximum absolute atomic E-state index is 12.8. The van der Waals surface area contributed by atoms with Crippen LogP contribution in [0.15, 0.2) is 42.5 Å². The Morgan fingerprint density at radius 1 is 1.07 bits per heavy atom. The van der Waals surface area contributed by atoms with E-state index in [9.17, 15) is 18.0 Å². The Kier molecular flexibility index (Phi) is 6.00. The quantitative estimate of drug-likeness (QED) is 0.594. The van der Waals surface area contributed by atoms with E-state index in [1.165, 1.54) is 32.4 Å². The molecular weight excluding hydrogens is 399 g/mol. The Hall–Kier alpha value is -3.49. The summed E-state index contributed by atoms with van der Waals surface area (Å²) in [5.41, 5.74) is 1.44. The molecule has 0 unspecified atom stereocenters. The van der Waals surface area contributed by atoms with E-state index in [4.69, 9.17) is 9.47 Å². The maximum atomic E-state index is 12.8. The molecule has 2 aromatic carbocycles. The second kappa shape index (κ2) is 8.48. The van der Waals surface area contributed by atoms with Crippen molar-refractivity contribution in [2.45, 2.75) is 19.5 Å². The third kappa shape index (κ3) is 4.24. The molecule has 30 heavy (non-hydrogen) atoms. The number of halogens is 3. The van der Waals surface area contributed by atoms with Crippen molar-refractivity contribution in [3.63, 3.8) is 0 Å².